The number of pyridine rings is 1. The van der Waals surface area contributed by atoms with Crippen molar-refractivity contribution in [1.82, 2.24) is 4.98 Å². The maximum Gasteiger partial charge on any atom is 0.181 e. The zero-order valence-corrected chi connectivity index (χ0v) is 12.6. The predicted octanol–water partition coefficient (Wildman–Crippen LogP) is 4.30. The molecule has 1 heterocycles. The Balaban J connectivity index is 1.99. The van der Waals surface area contributed by atoms with Gasteiger partial charge in [0.15, 0.2) is 11.6 Å². The Morgan fingerprint density at radius 2 is 2.00 bits per heavy atom. The van der Waals surface area contributed by atoms with Gasteiger partial charge in [-0.1, -0.05) is 34.1 Å². The molecule has 0 amide bonds. The average molecular weight is 347 g/mol. The van der Waals surface area contributed by atoms with E-state index < -0.39 is 5.82 Å². The fraction of sp³-hybridized carbons (Fsp3) is 0.0625. The van der Waals surface area contributed by atoms with Crippen LogP contribution in [-0.4, -0.2) is 4.98 Å². The number of halogens is 2. The van der Waals surface area contributed by atoms with Crippen LogP contribution in [0, 0.1) is 5.82 Å². The maximum atomic E-state index is 14.1. The van der Waals surface area contributed by atoms with Gasteiger partial charge < -0.3 is 10.5 Å². The van der Waals surface area contributed by atoms with Gasteiger partial charge in [0.1, 0.15) is 12.1 Å². The molecule has 0 saturated carbocycles. The largest absolute Gasteiger partial charge is 0.483 e. The van der Waals surface area contributed by atoms with Crippen molar-refractivity contribution < 1.29 is 9.13 Å². The van der Waals surface area contributed by atoms with E-state index in [1.165, 1.54) is 6.07 Å². The number of nitrogens with zero attached hydrogens (tertiary/aromatic N) is 1. The second-order valence-corrected chi connectivity index (χ2v) is 5.41. The third-order valence-electron chi connectivity index (χ3n) is 3.16. The fourth-order valence-corrected chi connectivity index (χ4v) is 2.51. The summed E-state index contributed by atoms with van der Waals surface area (Å²) < 4.78 is 20.7. The number of nitrogen functional groups attached to an aromatic ring is 1. The zero-order valence-electron chi connectivity index (χ0n) is 11.0. The smallest absolute Gasteiger partial charge is 0.181 e. The molecule has 1 aromatic heterocycles. The number of fused-ring (bicyclic) bond motifs is 1. The van der Waals surface area contributed by atoms with E-state index in [1.807, 2.05) is 24.3 Å². The molecule has 106 valence electrons. The lowest BCUT2D eigenvalue weighted by Gasteiger charge is -2.12. The van der Waals surface area contributed by atoms with Gasteiger partial charge in [-0.2, -0.15) is 0 Å². The van der Waals surface area contributed by atoms with Crippen molar-refractivity contribution in [3.8, 4) is 5.75 Å². The van der Waals surface area contributed by atoms with Crippen LogP contribution in [0.4, 0.5) is 10.1 Å². The van der Waals surface area contributed by atoms with E-state index >= 15 is 0 Å². The number of benzene rings is 2. The quantitative estimate of drug-likeness (QED) is 0.719. The molecule has 0 aliphatic carbocycles. The number of aromatic nitrogens is 1. The third kappa shape index (κ3) is 2.69. The summed E-state index contributed by atoms with van der Waals surface area (Å²) in [5, 5.41) is 0.682. The van der Waals surface area contributed by atoms with Crippen LogP contribution in [0.25, 0.3) is 10.9 Å². The van der Waals surface area contributed by atoms with E-state index in [-0.39, 0.29) is 12.4 Å². The van der Waals surface area contributed by atoms with Crippen LogP contribution in [-0.2, 0) is 6.61 Å². The Morgan fingerprint density at radius 1 is 1.19 bits per heavy atom. The zero-order chi connectivity index (χ0) is 14.8. The summed E-state index contributed by atoms with van der Waals surface area (Å²) in [5.41, 5.74) is 7.53. The Kier molecular flexibility index (Phi) is 3.75. The molecule has 0 fully saturated rings. The Labute approximate surface area is 129 Å². The molecule has 5 heteroatoms. The van der Waals surface area contributed by atoms with E-state index in [2.05, 4.69) is 20.9 Å². The third-order valence-corrected chi connectivity index (χ3v) is 3.94. The van der Waals surface area contributed by atoms with Crippen molar-refractivity contribution in [2.45, 2.75) is 6.61 Å². The first-order valence-electron chi connectivity index (χ1n) is 6.35. The van der Waals surface area contributed by atoms with E-state index in [0.717, 1.165) is 10.0 Å². The first kappa shape index (κ1) is 13.8. The van der Waals surface area contributed by atoms with Gasteiger partial charge in [-0.25, -0.2) is 4.39 Å². The summed E-state index contributed by atoms with van der Waals surface area (Å²) in [6, 6.07) is 12.5. The lowest BCUT2D eigenvalue weighted by molar-refractivity contribution is 0.293. The van der Waals surface area contributed by atoms with Crippen LogP contribution in [0.1, 0.15) is 5.56 Å². The van der Waals surface area contributed by atoms with Gasteiger partial charge in [0.05, 0.1) is 0 Å². The lowest BCUT2D eigenvalue weighted by Crippen LogP contribution is -2.01. The van der Waals surface area contributed by atoms with Gasteiger partial charge in [0.2, 0.25) is 0 Å². The molecule has 21 heavy (non-hydrogen) atoms. The molecule has 0 aliphatic rings. The molecule has 0 bridgehead atoms. The van der Waals surface area contributed by atoms with Gasteiger partial charge in [0.25, 0.3) is 0 Å². The normalized spacial score (nSPS) is 10.8. The molecule has 0 aliphatic heterocycles. The molecule has 0 spiro atoms. The highest BCUT2D eigenvalue weighted by Crippen LogP contribution is 2.32. The minimum atomic E-state index is -0.509. The van der Waals surface area contributed by atoms with Crippen molar-refractivity contribution in [1.29, 1.82) is 0 Å². The standard InChI is InChI=1S/C16H12BrFN2O/c17-12-6-2-1-4-10(12)9-21-16-13(18)8-14(19)11-5-3-7-20-15(11)16/h1-8H,9,19H2. The Hall–Kier alpha value is -2.14. The summed E-state index contributed by atoms with van der Waals surface area (Å²) in [6.07, 6.45) is 1.59. The van der Waals surface area contributed by atoms with Crippen LogP contribution in [0.15, 0.2) is 53.1 Å². The van der Waals surface area contributed by atoms with Crippen LogP contribution in [0.5, 0.6) is 5.75 Å². The van der Waals surface area contributed by atoms with Crippen molar-refractivity contribution in [2.75, 3.05) is 5.73 Å². The van der Waals surface area contributed by atoms with E-state index in [4.69, 9.17) is 10.5 Å². The van der Waals surface area contributed by atoms with Crippen LogP contribution >= 0.6 is 15.9 Å². The molecule has 0 saturated heterocycles. The molecule has 0 radical (unpaired) electrons. The van der Waals surface area contributed by atoms with Gasteiger partial charge in [0, 0.05) is 33.4 Å². The number of nitrogens with two attached hydrogens (primary N) is 1. The van der Waals surface area contributed by atoms with Gasteiger partial charge >= 0.3 is 0 Å². The Morgan fingerprint density at radius 3 is 2.81 bits per heavy atom. The first-order chi connectivity index (χ1) is 10.2. The number of hydrogen-bond acceptors (Lipinski definition) is 3. The molecule has 3 aromatic rings. The second-order valence-electron chi connectivity index (χ2n) is 4.56. The fourth-order valence-electron chi connectivity index (χ4n) is 2.11. The van der Waals surface area contributed by atoms with Gasteiger partial charge in [-0.15, -0.1) is 0 Å². The van der Waals surface area contributed by atoms with E-state index in [1.54, 1.807) is 18.3 Å². The highest BCUT2D eigenvalue weighted by molar-refractivity contribution is 9.10. The topological polar surface area (TPSA) is 48.1 Å². The molecule has 0 atom stereocenters. The highest BCUT2D eigenvalue weighted by atomic mass is 79.9. The minimum absolute atomic E-state index is 0.121. The average Bonchev–Trinajstić information content (AvgIpc) is 2.49. The van der Waals surface area contributed by atoms with Crippen molar-refractivity contribution in [2.24, 2.45) is 0 Å². The molecular weight excluding hydrogens is 335 g/mol. The van der Waals surface area contributed by atoms with E-state index in [0.29, 0.717) is 16.6 Å². The molecule has 0 unspecified atom stereocenters. The number of anilines is 1. The van der Waals surface area contributed by atoms with Crippen LogP contribution in [0.2, 0.25) is 0 Å². The van der Waals surface area contributed by atoms with Crippen molar-refractivity contribution in [3.63, 3.8) is 0 Å². The summed E-state index contributed by atoms with van der Waals surface area (Å²) >= 11 is 3.44. The summed E-state index contributed by atoms with van der Waals surface area (Å²) in [4.78, 5) is 4.18. The van der Waals surface area contributed by atoms with Crippen LogP contribution < -0.4 is 10.5 Å². The van der Waals surface area contributed by atoms with Gasteiger partial charge in [-0.05, 0) is 18.2 Å². The van der Waals surface area contributed by atoms with Crippen molar-refractivity contribution in [3.05, 3.63) is 64.5 Å². The number of rotatable bonds is 3. The van der Waals surface area contributed by atoms with E-state index in [9.17, 15) is 4.39 Å². The molecule has 2 aromatic carbocycles. The molecule has 3 nitrogen and oxygen atoms in total. The molecular formula is C16H12BrFN2O. The monoisotopic (exact) mass is 346 g/mol. The van der Waals surface area contributed by atoms with Crippen LogP contribution in [0.3, 0.4) is 0 Å². The highest BCUT2D eigenvalue weighted by Gasteiger charge is 2.13. The second kappa shape index (κ2) is 5.69. The molecule has 2 N–H and O–H groups in total. The number of hydrogen-bond donors (Lipinski definition) is 1. The lowest BCUT2D eigenvalue weighted by atomic mass is 10.1. The molecule has 3 rings (SSSR count). The maximum absolute atomic E-state index is 14.1. The summed E-state index contributed by atoms with van der Waals surface area (Å²) in [6.45, 7) is 0.244. The van der Waals surface area contributed by atoms with Gasteiger partial charge in [-0.3, -0.25) is 4.98 Å². The van der Waals surface area contributed by atoms with Crippen molar-refractivity contribution >= 4 is 32.5 Å². The number of ether oxygens (including phenoxy) is 1. The SMILES string of the molecule is Nc1cc(F)c(OCc2ccccc2Br)c2ncccc12. The minimum Gasteiger partial charge on any atom is -0.483 e. The predicted molar refractivity (Wildman–Crippen MR) is 84.6 cm³/mol. The Bertz CT molecular complexity index is 807. The first-order valence-corrected chi connectivity index (χ1v) is 7.15. The summed E-state index contributed by atoms with van der Waals surface area (Å²) in [5.74, 6) is -0.388. The summed E-state index contributed by atoms with van der Waals surface area (Å²) in [7, 11) is 0.